The van der Waals surface area contributed by atoms with Crippen LogP contribution in [0.4, 0.5) is 4.79 Å². The normalized spacial score (nSPS) is 14.0. The molecule has 164 valence electrons. The molecule has 0 aliphatic heterocycles. The summed E-state index contributed by atoms with van der Waals surface area (Å²) in [5.41, 5.74) is 2.94. The van der Waals surface area contributed by atoms with Gasteiger partial charge in [-0.1, -0.05) is 42.0 Å². The lowest BCUT2D eigenvalue weighted by atomic mass is 9.86. The lowest BCUT2D eigenvalue weighted by Crippen LogP contribution is -2.43. The van der Waals surface area contributed by atoms with Crippen molar-refractivity contribution in [2.75, 3.05) is 0 Å². The number of esters is 1. The zero-order valence-corrected chi connectivity index (χ0v) is 18.9. The van der Waals surface area contributed by atoms with Crippen LogP contribution in [0, 0.1) is 18.3 Å². The Balaban J connectivity index is 2.19. The quantitative estimate of drug-likeness (QED) is 0.673. The number of nitrogens with zero attached hydrogens (tertiary/aromatic N) is 1. The molecule has 0 heterocycles. The Kier molecular flexibility index (Phi) is 7.82. The molecule has 3 atom stereocenters. The second-order valence-electron chi connectivity index (χ2n) is 8.63. The van der Waals surface area contributed by atoms with Gasteiger partial charge in [-0.3, -0.25) is 0 Å². The summed E-state index contributed by atoms with van der Waals surface area (Å²) in [5.74, 6) is -0.782. The molecule has 0 aliphatic carbocycles. The number of rotatable bonds is 6. The first kappa shape index (κ1) is 23.9. The van der Waals surface area contributed by atoms with Crippen molar-refractivity contribution in [1.29, 1.82) is 5.26 Å². The Morgan fingerprint density at radius 3 is 1.97 bits per heavy atom. The number of hydrogen-bond donors (Lipinski definition) is 1. The van der Waals surface area contributed by atoms with Gasteiger partial charge in [0.25, 0.3) is 0 Å². The molecule has 1 amide bonds. The van der Waals surface area contributed by atoms with Gasteiger partial charge in [0.1, 0.15) is 17.7 Å². The molecule has 0 saturated heterocycles. The highest BCUT2D eigenvalue weighted by Crippen LogP contribution is 2.30. The average molecular weight is 423 g/mol. The van der Waals surface area contributed by atoms with Crippen LogP contribution >= 0.6 is 0 Å². The summed E-state index contributed by atoms with van der Waals surface area (Å²) in [7, 11) is 0. The Hall–Kier alpha value is -3.33. The second kappa shape index (κ2) is 10.1. The van der Waals surface area contributed by atoms with Gasteiger partial charge in [0, 0.05) is 5.92 Å². The molecule has 0 radical (unpaired) electrons. The molecule has 0 bridgehead atoms. The van der Waals surface area contributed by atoms with Crippen LogP contribution in [0.15, 0.2) is 48.5 Å². The second-order valence-corrected chi connectivity index (χ2v) is 8.63. The molecule has 31 heavy (non-hydrogen) atoms. The van der Waals surface area contributed by atoms with Crippen molar-refractivity contribution in [3.8, 4) is 6.07 Å². The van der Waals surface area contributed by atoms with Crippen LogP contribution in [0.5, 0.6) is 0 Å². The first-order valence-electron chi connectivity index (χ1n) is 10.3. The van der Waals surface area contributed by atoms with E-state index in [9.17, 15) is 9.59 Å². The first-order chi connectivity index (χ1) is 14.5. The van der Waals surface area contributed by atoms with E-state index in [4.69, 9.17) is 14.7 Å². The minimum Gasteiger partial charge on any atom is -0.460 e. The predicted octanol–water partition coefficient (Wildman–Crippen LogP) is 4.84. The van der Waals surface area contributed by atoms with Crippen LogP contribution in [-0.4, -0.2) is 29.8 Å². The van der Waals surface area contributed by atoms with Crippen molar-refractivity contribution >= 4 is 12.1 Å². The van der Waals surface area contributed by atoms with E-state index in [2.05, 4.69) is 11.4 Å². The Morgan fingerprint density at radius 1 is 0.968 bits per heavy atom. The minimum atomic E-state index is -0.864. The third-order valence-electron chi connectivity index (χ3n) is 4.69. The predicted molar refractivity (Wildman–Crippen MR) is 119 cm³/mol. The Bertz CT molecular complexity index is 937. The summed E-state index contributed by atoms with van der Waals surface area (Å²) in [6.45, 7) is 10.6. The van der Waals surface area contributed by atoms with Gasteiger partial charge in [0.15, 0.2) is 0 Å². The van der Waals surface area contributed by atoms with Crippen LogP contribution in [-0.2, 0) is 14.3 Å². The molecule has 0 fully saturated rings. The van der Waals surface area contributed by atoms with Crippen LogP contribution in [0.25, 0.3) is 0 Å². The highest BCUT2D eigenvalue weighted by atomic mass is 16.6. The standard InChI is InChI=1S/C25H30N2O4/c1-16-7-11-20(12-8-16)22(21-13-9-19(15-26)10-14-21)18(3)30-23(28)17(2)27-24(29)31-25(4,5)6/h7-14,17-18,22H,1-6H3,(H,27,29)/t17-,18-,22?/m0/s1. The number of carbonyl (C=O) groups is 2. The smallest absolute Gasteiger partial charge is 0.408 e. The summed E-state index contributed by atoms with van der Waals surface area (Å²) < 4.78 is 10.9. The molecule has 0 aromatic heterocycles. The van der Waals surface area contributed by atoms with Gasteiger partial charge < -0.3 is 14.8 Å². The van der Waals surface area contributed by atoms with Crippen LogP contribution < -0.4 is 5.32 Å². The van der Waals surface area contributed by atoms with E-state index in [0.29, 0.717) is 5.56 Å². The summed E-state index contributed by atoms with van der Waals surface area (Å²) in [6, 6.07) is 16.5. The lowest BCUT2D eigenvalue weighted by molar-refractivity contribution is -0.150. The van der Waals surface area contributed by atoms with Crippen molar-refractivity contribution in [3.05, 3.63) is 70.8 Å². The van der Waals surface area contributed by atoms with Crippen LogP contribution in [0.2, 0.25) is 0 Å². The fourth-order valence-electron chi connectivity index (χ4n) is 3.17. The highest BCUT2D eigenvalue weighted by Gasteiger charge is 2.28. The number of carbonyl (C=O) groups excluding carboxylic acids is 2. The molecule has 6 nitrogen and oxygen atoms in total. The zero-order chi connectivity index (χ0) is 23.2. The van der Waals surface area contributed by atoms with Crippen molar-refractivity contribution in [3.63, 3.8) is 0 Å². The Morgan fingerprint density at radius 2 is 1.48 bits per heavy atom. The van der Waals surface area contributed by atoms with Gasteiger partial charge in [-0.25, -0.2) is 9.59 Å². The van der Waals surface area contributed by atoms with E-state index >= 15 is 0 Å². The monoisotopic (exact) mass is 422 g/mol. The topological polar surface area (TPSA) is 88.4 Å². The summed E-state index contributed by atoms with van der Waals surface area (Å²) in [5, 5.41) is 11.6. The van der Waals surface area contributed by atoms with E-state index in [1.807, 2.05) is 50.2 Å². The number of nitriles is 1. The third kappa shape index (κ3) is 7.14. The van der Waals surface area contributed by atoms with E-state index < -0.39 is 29.8 Å². The van der Waals surface area contributed by atoms with Crippen LogP contribution in [0.1, 0.15) is 62.8 Å². The average Bonchev–Trinajstić information content (AvgIpc) is 2.68. The molecule has 1 N–H and O–H groups in total. The van der Waals surface area contributed by atoms with Crippen molar-refractivity contribution < 1.29 is 19.1 Å². The Labute approximate surface area is 184 Å². The third-order valence-corrected chi connectivity index (χ3v) is 4.69. The van der Waals surface area contributed by atoms with Gasteiger partial charge in [-0.2, -0.15) is 5.26 Å². The molecule has 0 saturated carbocycles. The van der Waals surface area contributed by atoms with E-state index in [1.165, 1.54) is 0 Å². The molecule has 2 aromatic rings. The molecular formula is C25H30N2O4. The molecule has 2 aromatic carbocycles. The summed E-state index contributed by atoms with van der Waals surface area (Å²) in [6.07, 6.45) is -1.18. The van der Waals surface area contributed by atoms with E-state index in [1.54, 1.807) is 39.8 Å². The molecule has 0 spiro atoms. The number of benzene rings is 2. The molecule has 0 aliphatic rings. The minimum absolute atomic E-state index is 0.231. The van der Waals surface area contributed by atoms with Gasteiger partial charge in [-0.15, -0.1) is 0 Å². The van der Waals surface area contributed by atoms with Gasteiger partial charge in [-0.05, 0) is 64.8 Å². The lowest BCUT2D eigenvalue weighted by Gasteiger charge is -2.27. The zero-order valence-electron chi connectivity index (χ0n) is 18.9. The first-order valence-corrected chi connectivity index (χ1v) is 10.3. The SMILES string of the molecule is Cc1ccc(C(c2ccc(C#N)cc2)[C@H](C)OC(=O)[C@H](C)NC(=O)OC(C)(C)C)cc1. The maximum absolute atomic E-state index is 12.6. The van der Waals surface area contributed by atoms with Gasteiger partial charge in [0.2, 0.25) is 0 Å². The number of ether oxygens (including phenoxy) is 2. The van der Waals surface area contributed by atoms with Gasteiger partial charge >= 0.3 is 12.1 Å². The van der Waals surface area contributed by atoms with Crippen molar-refractivity contribution in [1.82, 2.24) is 5.32 Å². The maximum atomic E-state index is 12.6. The molecular weight excluding hydrogens is 392 g/mol. The highest BCUT2D eigenvalue weighted by molar-refractivity contribution is 5.81. The summed E-state index contributed by atoms with van der Waals surface area (Å²) >= 11 is 0. The van der Waals surface area contributed by atoms with E-state index in [0.717, 1.165) is 16.7 Å². The number of hydrogen-bond acceptors (Lipinski definition) is 5. The summed E-state index contributed by atoms with van der Waals surface area (Å²) in [4.78, 5) is 24.6. The molecule has 2 rings (SSSR count). The van der Waals surface area contributed by atoms with Crippen molar-refractivity contribution in [2.24, 2.45) is 0 Å². The van der Waals surface area contributed by atoms with Gasteiger partial charge in [0.05, 0.1) is 11.6 Å². The largest absolute Gasteiger partial charge is 0.460 e. The number of alkyl carbamates (subject to hydrolysis) is 1. The number of nitrogens with one attached hydrogen (secondary N) is 1. The maximum Gasteiger partial charge on any atom is 0.408 e. The molecule has 1 unspecified atom stereocenters. The van der Waals surface area contributed by atoms with Crippen molar-refractivity contribution in [2.45, 2.75) is 65.2 Å². The fourth-order valence-corrected chi connectivity index (χ4v) is 3.17. The van der Waals surface area contributed by atoms with Crippen LogP contribution in [0.3, 0.4) is 0 Å². The number of aryl methyl sites for hydroxylation is 1. The molecule has 6 heteroatoms. The number of amides is 1. The van der Waals surface area contributed by atoms with E-state index in [-0.39, 0.29) is 5.92 Å². The fraction of sp³-hybridized carbons (Fsp3) is 0.400.